The quantitative estimate of drug-likeness (QED) is 0.609. The van der Waals surface area contributed by atoms with E-state index in [4.69, 9.17) is 5.73 Å². The summed E-state index contributed by atoms with van der Waals surface area (Å²) in [5.41, 5.74) is 7.05. The minimum absolute atomic E-state index is 0.00427. The van der Waals surface area contributed by atoms with Gasteiger partial charge in [0.2, 0.25) is 11.8 Å². The molecule has 5 nitrogen and oxygen atoms in total. The van der Waals surface area contributed by atoms with Crippen LogP contribution in [0.2, 0.25) is 0 Å². The summed E-state index contributed by atoms with van der Waals surface area (Å²) >= 11 is 0. The van der Waals surface area contributed by atoms with Crippen molar-refractivity contribution in [2.75, 3.05) is 19.3 Å². The van der Waals surface area contributed by atoms with Crippen LogP contribution in [0.25, 0.3) is 0 Å². The van der Waals surface area contributed by atoms with Crippen molar-refractivity contribution in [2.24, 2.45) is 0 Å². The Bertz CT molecular complexity index is 373. The number of nitrogens with two attached hydrogens (primary N) is 1. The standard InChI is InChI=1S/C11H15N3O2/c1-13-11(16)7-14-10(15)6-8-2-4-9(12)5-3-8/h2-5H,6-7,12H2,1H3,(H,13,16)(H,14,15). The molecule has 0 fully saturated rings. The Morgan fingerprint density at radius 3 is 2.38 bits per heavy atom. The Hall–Kier alpha value is -2.04. The number of hydrogen-bond donors (Lipinski definition) is 3. The average Bonchev–Trinajstić information content (AvgIpc) is 2.29. The second-order valence-corrected chi connectivity index (χ2v) is 3.37. The highest BCUT2D eigenvalue weighted by Crippen LogP contribution is 2.05. The maximum absolute atomic E-state index is 11.4. The number of carbonyl (C=O) groups is 2. The summed E-state index contributed by atoms with van der Waals surface area (Å²) < 4.78 is 0. The van der Waals surface area contributed by atoms with Crippen LogP contribution < -0.4 is 16.4 Å². The zero-order valence-corrected chi connectivity index (χ0v) is 9.12. The molecule has 0 aliphatic heterocycles. The van der Waals surface area contributed by atoms with Gasteiger partial charge in [0.15, 0.2) is 0 Å². The zero-order valence-electron chi connectivity index (χ0n) is 9.12. The lowest BCUT2D eigenvalue weighted by molar-refractivity contribution is -0.125. The van der Waals surface area contributed by atoms with Crippen molar-refractivity contribution in [2.45, 2.75) is 6.42 Å². The molecule has 4 N–H and O–H groups in total. The predicted octanol–water partition coefficient (Wildman–Crippen LogP) is -0.326. The van der Waals surface area contributed by atoms with Crippen LogP contribution >= 0.6 is 0 Å². The first kappa shape index (κ1) is 12.0. The molecule has 0 heterocycles. The lowest BCUT2D eigenvalue weighted by Gasteiger charge is -2.04. The van der Waals surface area contributed by atoms with Crippen molar-refractivity contribution in [1.29, 1.82) is 0 Å². The first-order valence-electron chi connectivity index (χ1n) is 4.93. The summed E-state index contributed by atoms with van der Waals surface area (Å²) in [5, 5.41) is 4.94. The molecule has 86 valence electrons. The van der Waals surface area contributed by atoms with E-state index in [0.29, 0.717) is 5.69 Å². The molecule has 0 radical (unpaired) electrons. The van der Waals surface area contributed by atoms with Crippen LogP contribution in [0.15, 0.2) is 24.3 Å². The summed E-state index contributed by atoms with van der Waals surface area (Å²) in [7, 11) is 1.52. The average molecular weight is 221 g/mol. The maximum Gasteiger partial charge on any atom is 0.239 e. The number of hydrogen-bond acceptors (Lipinski definition) is 3. The number of likely N-dealkylation sites (N-methyl/N-ethyl adjacent to an activating group) is 1. The molecule has 0 saturated heterocycles. The van der Waals surface area contributed by atoms with Gasteiger partial charge in [0, 0.05) is 12.7 Å². The van der Waals surface area contributed by atoms with Gasteiger partial charge < -0.3 is 16.4 Å². The Morgan fingerprint density at radius 1 is 1.19 bits per heavy atom. The summed E-state index contributed by atoms with van der Waals surface area (Å²) in [6.45, 7) is 0.00427. The fourth-order valence-electron chi connectivity index (χ4n) is 1.15. The van der Waals surface area contributed by atoms with Gasteiger partial charge in [0.1, 0.15) is 0 Å². The van der Waals surface area contributed by atoms with Crippen LogP contribution in [0, 0.1) is 0 Å². The molecule has 0 atom stereocenters. The molecule has 1 rings (SSSR count). The van der Waals surface area contributed by atoms with E-state index in [1.807, 2.05) is 0 Å². The molecule has 0 aromatic heterocycles. The van der Waals surface area contributed by atoms with Crippen molar-refractivity contribution < 1.29 is 9.59 Å². The Balaban J connectivity index is 2.40. The van der Waals surface area contributed by atoms with E-state index < -0.39 is 0 Å². The lowest BCUT2D eigenvalue weighted by atomic mass is 10.1. The van der Waals surface area contributed by atoms with Gasteiger partial charge in [-0.25, -0.2) is 0 Å². The number of nitrogen functional groups attached to an aromatic ring is 1. The van der Waals surface area contributed by atoms with Gasteiger partial charge in [-0.3, -0.25) is 9.59 Å². The van der Waals surface area contributed by atoms with Gasteiger partial charge in [-0.15, -0.1) is 0 Å². The highest BCUT2D eigenvalue weighted by Gasteiger charge is 2.04. The molecule has 0 aliphatic rings. The summed E-state index contributed by atoms with van der Waals surface area (Å²) in [5.74, 6) is -0.404. The van der Waals surface area contributed by atoms with Crippen LogP contribution in [-0.2, 0) is 16.0 Å². The zero-order chi connectivity index (χ0) is 12.0. The number of anilines is 1. The minimum atomic E-state index is -0.217. The Labute approximate surface area is 94.0 Å². The highest BCUT2D eigenvalue weighted by atomic mass is 16.2. The largest absolute Gasteiger partial charge is 0.399 e. The molecule has 0 spiro atoms. The van der Waals surface area contributed by atoms with Crippen molar-refractivity contribution in [3.63, 3.8) is 0 Å². The highest BCUT2D eigenvalue weighted by molar-refractivity contribution is 5.85. The molecule has 0 unspecified atom stereocenters. The Morgan fingerprint density at radius 2 is 1.81 bits per heavy atom. The third kappa shape index (κ3) is 4.00. The van der Waals surface area contributed by atoms with E-state index in [-0.39, 0.29) is 24.8 Å². The predicted molar refractivity (Wildman–Crippen MR) is 61.6 cm³/mol. The number of rotatable bonds is 4. The fraction of sp³-hybridized carbons (Fsp3) is 0.273. The fourth-order valence-corrected chi connectivity index (χ4v) is 1.15. The third-order valence-electron chi connectivity index (χ3n) is 2.07. The van der Waals surface area contributed by atoms with Gasteiger partial charge in [0.05, 0.1) is 13.0 Å². The number of benzene rings is 1. The van der Waals surface area contributed by atoms with Crippen LogP contribution in [0.4, 0.5) is 5.69 Å². The third-order valence-corrected chi connectivity index (χ3v) is 2.07. The first-order chi connectivity index (χ1) is 7.61. The molecule has 0 saturated carbocycles. The number of amides is 2. The van der Waals surface area contributed by atoms with Gasteiger partial charge >= 0.3 is 0 Å². The molecule has 5 heteroatoms. The van der Waals surface area contributed by atoms with E-state index in [0.717, 1.165) is 5.56 Å². The van der Waals surface area contributed by atoms with E-state index >= 15 is 0 Å². The van der Waals surface area contributed by atoms with Crippen molar-refractivity contribution in [1.82, 2.24) is 10.6 Å². The van der Waals surface area contributed by atoms with E-state index in [1.54, 1.807) is 24.3 Å². The van der Waals surface area contributed by atoms with Gasteiger partial charge in [-0.2, -0.15) is 0 Å². The molecule has 0 aliphatic carbocycles. The van der Waals surface area contributed by atoms with Crippen molar-refractivity contribution >= 4 is 17.5 Å². The molecule has 0 bridgehead atoms. The summed E-state index contributed by atoms with van der Waals surface area (Å²) in [6.07, 6.45) is 0.247. The SMILES string of the molecule is CNC(=O)CNC(=O)Cc1ccc(N)cc1. The van der Waals surface area contributed by atoms with Crippen LogP contribution in [-0.4, -0.2) is 25.4 Å². The van der Waals surface area contributed by atoms with Crippen LogP contribution in [0.5, 0.6) is 0 Å². The molecular weight excluding hydrogens is 206 g/mol. The van der Waals surface area contributed by atoms with Gasteiger partial charge in [-0.05, 0) is 17.7 Å². The van der Waals surface area contributed by atoms with Crippen LogP contribution in [0.1, 0.15) is 5.56 Å². The molecule has 1 aromatic carbocycles. The van der Waals surface area contributed by atoms with Crippen molar-refractivity contribution in [3.05, 3.63) is 29.8 Å². The van der Waals surface area contributed by atoms with Crippen molar-refractivity contribution in [3.8, 4) is 0 Å². The molecular formula is C11H15N3O2. The van der Waals surface area contributed by atoms with E-state index in [9.17, 15) is 9.59 Å². The number of carbonyl (C=O) groups excluding carboxylic acids is 2. The second-order valence-electron chi connectivity index (χ2n) is 3.37. The summed E-state index contributed by atoms with van der Waals surface area (Å²) in [4.78, 5) is 22.3. The first-order valence-corrected chi connectivity index (χ1v) is 4.93. The van der Waals surface area contributed by atoms with E-state index in [2.05, 4.69) is 10.6 Å². The lowest BCUT2D eigenvalue weighted by Crippen LogP contribution is -2.35. The van der Waals surface area contributed by atoms with E-state index in [1.165, 1.54) is 7.05 Å². The molecule has 16 heavy (non-hydrogen) atoms. The minimum Gasteiger partial charge on any atom is -0.399 e. The number of nitrogens with one attached hydrogen (secondary N) is 2. The monoisotopic (exact) mass is 221 g/mol. The summed E-state index contributed by atoms with van der Waals surface area (Å²) in [6, 6.07) is 7.05. The molecule has 1 aromatic rings. The topological polar surface area (TPSA) is 84.2 Å². The van der Waals surface area contributed by atoms with Gasteiger partial charge in [-0.1, -0.05) is 12.1 Å². The normalized spacial score (nSPS) is 9.56. The molecule has 2 amide bonds. The smallest absolute Gasteiger partial charge is 0.239 e. The maximum atomic E-state index is 11.4. The van der Waals surface area contributed by atoms with Gasteiger partial charge in [0.25, 0.3) is 0 Å². The Kier molecular flexibility index (Phi) is 4.32. The second kappa shape index (κ2) is 5.75. The van der Waals surface area contributed by atoms with Crippen LogP contribution in [0.3, 0.4) is 0 Å².